The molecule has 2 heteroatoms. The molecule has 0 fully saturated rings. The lowest BCUT2D eigenvalue weighted by molar-refractivity contribution is 0.435. The van der Waals surface area contributed by atoms with E-state index in [1.807, 2.05) is 6.20 Å². The second kappa shape index (κ2) is 6.63. The van der Waals surface area contributed by atoms with Crippen LogP contribution in [0.25, 0.3) is 6.08 Å². The lowest BCUT2D eigenvalue weighted by atomic mass is 9.84. The van der Waals surface area contributed by atoms with Crippen LogP contribution >= 0.6 is 0 Å². The third kappa shape index (κ3) is 4.37. The summed E-state index contributed by atoms with van der Waals surface area (Å²) in [4.78, 5) is 7.61. The summed E-state index contributed by atoms with van der Waals surface area (Å²) in [5.41, 5.74) is 1.42. The van der Waals surface area contributed by atoms with E-state index in [0.29, 0.717) is 0 Å². The third-order valence-corrected chi connectivity index (χ3v) is 3.42. The van der Waals surface area contributed by atoms with Crippen LogP contribution in [0.2, 0.25) is 0 Å². The average molecular weight is 234 g/mol. The van der Waals surface area contributed by atoms with Gasteiger partial charge in [-0.2, -0.15) is 0 Å². The van der Waals surface area contributed by atoms with E-state index in [-0.39, 0.29) is 5.41 Å². The molecule has 0 saturated heterocycles. The Bertz CT molecular complexity index is 336. The number of rotatable bonds is 8. The summed E-state index contributed by atoms with van der Waals surface area (Å²) in [6.45, 7) is 10.6. The molecular weight excluding hydrogens is 208 g/mol. The minimum Gasteiger partial charge on any atom is -0.342 e. The fourth-order valence-electron chi connectivity index (χ4n) is 2.09. The Balaban J connectivity index is 2.41. The highest BCUT2D eigenvalue weighted by molar-refractivity contribution is 5.37. The quantitative estimate of drug-likeness (QED) is 0.649. The van der Waals surface area contributed by atoms with E-state index >= 15 is 0 Å². The molecule has 0 aromatic carbocycles. The summed E-state index contributed by atoms with van der Waals surface area (Å²) >= 11 is 0. The van der Waals surface area contributed by atoms with Crippen LogP contribution in [-0.2, 0) is 5.41 Å². The number of unbranched alkanes of at least 4 members (excludes halogenated alkanes) is 4. The van der Waals surface area contributed by atoms with Crippen LogP contribution in [0.15, 0.2) is 12.8 Å². The van der Waals surface area contributed by atoms with Crippen LogP contribution in [0.5, 0.6) is 0 Å². The Morgan fingerprint density at radius 2 is 2.00 bits per heavy atom. The van der Waals surface area contributed by atoms with Gasteiger partial charge in [0.1, 0.15) is 5.82 Å². The van der Waals surface area contributed by atoms with Crippen molar-refractivity contribution in [2.75, 3.05) is 0 Å². The fourth-order valence-corrected chi connectivity index (χ4v) is 2.09. The van der Waals surface area contributed by atoms with Gasteiger partial charge in [-0.3, -0.25) is 0 Å². The summed E-state index contributed by atoms with van der Waals surface area (Å²) in [6, 6.07) is 0. The molecule has 17 heavy (non-hydrogen) atoms. The molecule has 0 aliphatic rings. The molecule has 1 aromatic heterocycles. The Kier molecular flexibility index (Phi) is 5.46. The molecule has 0 radical (unpaired) electrons. The largest absolute Gasteiger partial charge is 0.342 e. The second-order valence-corrected chi connectivity index (χ2v) is 5.43. The minimum atomic E-state index is 0.195. The molecule has 2 nitrogen and oxygen atoms in total. The smallest absolute Gasteiger partial charge is 0.129 e. The molecule has 0 aliphatic heterocycles. The number of nitrogens with zero attached hydrogens (tertiary/aromatic N) is 1. The zero-order chi connectivity index (χ0) is 12.7. The number of aromatic amines is 1. The summed E-state index contributed by atoms with van der Waals surface area (Å²) < 4.78 is 0. The summed E-state index contributed by atoms with van der Waals surface area (Å²) in [5, 5.41) is 0. The Morgan fingerprint density at radius 3 is 2.59 bits per heavy atom. The van der Waals surface area contributed by atoms with Crippen molar-refractivity contribution in [2.24, 2.45) is 0 Å². The van der Waals surface area contributed by atoms with Gasteiger partial charge in [0.2, 0.25) is 0 Å². The molecule has 0 spiro atoms. The highest BCUT2D eigenvalue weighted by atomic mass is 14.9. The van der Waals surface area contributed by atoms with Crippen LogP contribution in [0, 0.1) is 0 Å². The van der Waals surface area contributed by atoms with Crippen molar-refractivity contribution in [2.45, 2.75) is 64.7 Å². The Hall–Kier alpha value is -1.05. The molecule has 1 heterocycles. The molecule has 0 amide bonds. The molecule has 1 N–H and O–H groups in total. The van der Waals surface area contributed by atoms with Crippen LogP contribution in [-0.4, -0.2) is 9.97 Å². The van der Waals surface area contributed by atoms with E-state index in [4.69, 9.17) is 0 Å². The zero-order valence-corrected chi connectivity index (χ0v) is 11.6. The van der Waals surface area contributed by atoms with E-state index in [0.717, 1.165) is 5.82 Å². The van der Waals surface area contributed by atoms with Gasteiger partial charge in [-0.15, -0.1) is 0 Å². The van der Waals surface area contributed by atoms with Gasteiger partial charge in [0.15, 0.2) is 0 Å². The third-order valence-electron chi connectivity index (χ3n) is 3.42. The Morgan fingerprint density at radius 1 is 1.29 bits per heavy atom. The first-order chi connectivity index (χ1) is 8.10. The van der Waals surface area contributed by atoms with Crippen molar-refractivity contribution in [1.29, 1.82) is 0 Å². The first-order valence-corrected chi connectivity index (χ1v) is 6.78. The fraction of sp³-hybridized carbons (Fsp3) is 0.667. The monoisotopic (exact) mass is 234 g/mol. The number of aromatic nitrogens is 2. The molecule has 1 aromatic rings. The molecule has 0 unspecified atom stereocenters. The van der Waals surface area contributed by atoms with Crippen LogP contribution < -0.4 is 0 Å². The highest BCUT2D eigenvalue weighted by Gasteiger charge is 2.21. The molecular formula is C15H26N2. The maximum absolute atomic E-state index is 4.29. The average Bonchev–Trinajstić information content (AvgIpc) is 2.78. The van der Waals surface area contributed by atoms with Crippen molar-refractivity contribution in [3.05, 3.63) is 24.3 Å². The number of H-pyrrole nitrogens is 1. The molecule has 0 aliphatic carbocycles. The van der Waals surface area contributed by atoms with Gasteiger partial charge in [0.05, 0.1) is 0 Å². The maximum atomic E-state index is 4.29. The molecule has 0 bridgehead atoms. The first-order valence-electron chi connectivity index (χ1n) is 6.78. The first kappa shape index (κ1) is 14.0. The lowest BCUT2D eigenvalue weighted by Gasteiger charge is -2.22. The van der Waals surface area contributed by atoms with Gasteiger partial charge in [-0.05, 0) is 12.5 Å². The van der Waals surface area contributed by atoms with Crippen LogP contribution in [0.3, 0.4) is 0 Å². The lowest BCUT2D eigenvalue weighted by Crippen LogP contribution is -2.17. The van der Waals surface area contributed by atoms with Gasteiger partial charge in [0.25, 0.3) is 0 Å². The number of nitrogens with one attached hydrogen (secondary N) is 1. The SMILES string of the molecule is C=Cc1ncc(C(C)(C)CCCCCCC)[nH]1. The van der Waals surface area contributed by atoms with Crippen molar-refractivity contribution in [3.8, 4) is 0 Å². The molecule has 0 atom stereocenters. The van der Waals surface area contributed by atoms with Crippen molar-refractivity contribution in [1.82, 2.24) is 9.97 Å². The summed E-state index contributed by atoms with van der Waals surface area (Å²) in [5.74, 6) is 0.874. The van der Waals surface area contributed by atoms with Crippen LogP contribution in [0.1, 0.15) is 70.8 Å². The van der Waals surface area contributed by atoms with E-state index in [9.17, 15) is 0 Å². The second-order valence-electron chi connectivity index (χ2n) is 5.43. The van der Waals surface area contributed by atoms with E-state index in [1.54, 1.807) is 6.08 Å². The standard InChI is InChI=1S/C15H26N2/c1-5-7-8-9-10-11-15(3,4)13-12-16-14(6-2)17-13/h6,12H,2,5,7-11H2,1,3-4H3,(H,16,17). The van der Waals surface area contributed by atoms with Crippen molar-refractivity contribution in [3.63, 3.8) is 0 Å². The van der Waals surface area contributed by atoms with E-state index < -0.39 is 0 Å². The van der Waals surface area contributed by atoms with E-state index in [1.165, 1.54) is 44.2 Å². The highest BCUT2D eigenvalue weighted by Crippen LogP contribution is 2.28. The molecule has 96 valence electrons. The maximum Gasteiger partial charge on any atom is 0.129 e. The normalized spacial score (nSPS) is 11.7. The minimum absolute atomic E-state index is 0.195. The topological polar surface area (TPSA) is 28.7 Å². The van der Waals surface area contributed by atoms with Crippen LogP contribution in [0.4, 0.5) is 0 Å². The summed E-state index contributed by atoms with van der Waals surface area (Å²) in [7, 11) is 0. The number of hydrogen-bond donors (Lipinski definition) is 1. The number of hydrogen-bond acceptors (Lipinski definition) is 1. The zero-order valence-electron chi connectivity index (χ0n) is 11.6. The predicted molar refractivity (Wildman–Crippen MR) is 75.1 cm³/mol. The number of imidazole rings is 1. The van der Waals surface area contributed by atoms with E-state index in [2.05, 4.69) is 37.3 Å². The summed E-state index contributed by atoms with van der Waals surface area (Å²) in [6.07, 6.45) is 11.6. The Labute approximate surface area is 106 Å². The van der Waals surface area contributed by atoms with Gasteiger partial charge in [0, 0.05) is 17.3 Å². The van der Waals surface area contributed by atoms with Gasteiger partial charge >= 0.3 is 0 Å². The molecule has 0 saturated carbocycles. The molecule has 1 rings (SSSR count). The van der Waals surface area contributed by atoms with Gasteiger partial charge < -0.3 is 4.98 Å². The van der Waals surface area contributed by atoms with Gasteiger partial charge in [-0.1, -0.05) is 59.5 Å². The van der Waals surface area contributed by atoms with Gasteiger partial charge in [-0.25, -0.2) is 4.98 Å². The predicted octanol–water partition coefficient (Wildman–Crippen LogP) is 4.69. The van der Waals surface area contributed by atoms with Crippen molar-refractivity contribution >= 4 is 6.08 Å². The van der Waals surface area contributed by atoms with Crippen molar-refractivity contribution < 1.29 is 0 Å².